The van der Waals surface area contributed by atoms with Crippen molar-refractivity contribution < 1.29 is 23.1 Å². The highest BCUT2D eigenvalue weighted by molar-refractivity contribution is 7.90. The Morgan fingerprint density at radius 2 is 1.81 bits per heavy atom. The highest BCUT2D eigenvalue weighted by atomic mass is 35.5. The van der Waals surface area contributed by atoms with Crippen molar-refractivity contribution in [1.29, 1.82) is 0 Å². The molecule has 9 heteroatoms. The number of phenolic OH excluding ortho intramolecular Hbond substituents is 1. The average molecular weight is 625 g/mol. The van der Waals surface area contributed by atoms with Crippen LogP contribution in [-0.2, 0) is 21.9 Å². The van der Waals surface area contributed by atoms with E-state index in [1.165, 1.54) is 6.42 Å². The monoisotopic (exact) mass is 624 g/mol. The molecule has 2 N–H and O–H groups in total. The number of anilines is 1. The van der Waals surface area contributed by atoms with E-state index in [1.807, 2.05) is 31.2 Å². The van der Waals surface area contributed by atoms with Crippen LogP contribution in [0.3, 0.4) is 0 Å². The average Bonchev–Trinajstić information content (AvgIpc) is 3.79. The Hall–Kier alpha value is -2.71. The number of hydrogen-bond acceptors (Lipinski definition) is 6. The van der Waals surface area contributed by atoms with E-state index in [-0.39, 0.29) is 23.0 Å². The van der Waals surface area contributed by atoms with Crippen molar-refractivity contribution in [3.8, 4) is 11.5 Å². The molecule has 2 saturated carbocycles. The van der Waals surface area contributed by atoms with E-state index in [2.05, 4.69) is 21.8 Å². The second kappa shape index (κ2) is 11.0. The molecule has 3 aliphatic carbocycles. The summed E-state index contributed by atoms with van der Waals surface area (Å²) in [6, 6.07) is 9.03. The van der Waals surface area contributed by atoms with E-state index in [0.717, 1.165) is 68.3 Å². The second-order valence-corrected chi connectivity index (χ2v) is 16.0. The van der Waals surface area contributed by atoms with Crippen LogP contribution in [0.1, 0.15) is 79.8 Å². The van der Waals surface area contributed by atoms with E-state index in [1.54, 1.807) is 6.07 Å². The van der Waals surface area contributed by atoms with Crippen LogP contribution in [0.25, 0.3) is 0 Å². The van der Waals surface area contributed by atoms with Gasteiger partial charge >= 0.3 is 0 Å². The summed E-state index contributed by atoms with van der Waals surface area (Å²) in [6.07, 6.45) is 13.0. The van der Waals surface area contributed by atoms with Crippen LogP contribution in [0.5, 0.6) is 11.5 Å². The largest absolute Gasteiger partial charge is 0.506 e. The zero-order chi connectivity index (χ0) is 29.9. The minimum absolute atomic E-state index is 0.0704. The van der Waals surface area contributed by atoms with Gasteiger partial charge in [-0.1, -0.05) is 30.7 Å². The summed E-state index contributed by atoms with van der Waals surface area (Å²) < 4.78 is 36.2. The van der Waals surface area contributed by atoms with Gasteiger partial charge in [0.05, 0.1) is 22.6 Å². The number of phenols is 1. The van der Waals surface area contributed by atoms with E-state index in [9.17, 15) is 18.3 Å². The number of hydrogen-bond donors (Lipinski definition) is 2. The van der Waals surface area contributed by atoms with E-state index >= 15 is 0 Å². The molecule has 230 valence electrons. The van der Waals surface area contributed by atoms with Gasteiger partial charge in [-0.15, -0.1) is 0 Å². The zero-order valence-electron chi connectivity index (χ0n) is 24.7. The lowest BCUT2D eigenvalue weighted by Crippen LogP contribution is -2.48. The first-order valence-electron chi connectivity index (χ1n) is 15.9. The number of sulfonamides is 1. The zero-order valence-corrected chi connectivity index (χ0v) is 26.3. The quantitative estimate of drug-likeness (QED) is 0.358. The smallest absolute Gasteiger partial charge is 0.264 e. The molecule has 7 rings (SSSR count). The summed E-state index contributed by atoms with van der Waals surface area (Å²) in [5.41, 5.74) is 3.02. The van der Waals surface area contributed by atoms with Crippen molar-refractivity contribution >= 4 is 33.2 Å². The van der Waals surface area contributed by atoms with Crippen molar-refractivity contribution in [1.82, 2.24) is 4.72 Å². The summed E-state index contributed by atoms with van der Waals surface area (Å²) >= 11 is 6.33. The Labute approximate surface area is 259 Å². The van der Waals surface area contributed by atoms with Crippen molar-refractivity contribution in [2.45, 2.75) is 75.4 Å². The molecule has 1 amide bonds. The third-order valence-electron chi connectivity index (χ3n) is 10.8. The van der Waals surface area contributed by atoms with Gasteiger partial charge in [-0.2, -0.15) is 0 Å². The molecule has 2 bridgehead atoms. The lowest BCUT2D eigenvalue weighted by molar-refractivity contribution is 0.0980. The molecule has 43 heavy (non-hydrogen) atoms. The molecule has 0 radical (unpaired) electrons. The molecule has 1 spiro atoms. The number of rotatable bonds is 1. The van der Waals surface area contributed by atoms with Gasteiger partial charge in [-0.25, -0.2) is 13.1 Å². The Bertz CT molecular complexity index is 1570. The van der Waals surface area contributed by atoms with Crippen LogP contribution in [0.4, 0.5) is 5.69 Å². The van der Waals surface area contributed by atoms with Crippen LogP contribution < -0.4 is 14.4 Å². The normalized spacial score (nSPS) is 32.8. The number of carbonyl (C=O) groups excluding carboxylic acids is 1. The highest BCUT2D eigenvalue weighted by Crippen LogP contribution is 2.48. The molecule has 5 atom stereocenters. The number of allylic oxidation sites excluding steroid dienone is 2. The maximum atomic E-state index is 13.6. The summed E-state index contributed by atoms with van der Waals surface area (Å²) in [6.45, 7) is 3.95. The molecule has 0 unspecified atom stereocenters. The molecular formula is C34H41ClN2O5S. The second-order valence-electron chi connectivity index (χ2n) is 13.7. The topological polar surface area (TPSA) is 95.9 Å². The number of aromatic hydroxyl groups is 1. The molecule has 7 nitrogen and oxygen atoms in total. The lowest BCUT2D eigenvalue weighted by Gasteiger charge is -2.44. The molecule has 0 aromatic heterocycles. The van der Waals surface area contributed by atoms with Gasteiger partial charge in [0.25, 0.3) is 5.91 Å². The molecule has 5 aliphatic rings. The number of ether oxygens (including phenoxy) is 1. The SMILES string of the molecule is C[C@@H]1C/C=C/C[C@H]2CC[C@H]2CN2C[C@@]3(CCCc4cc(Cl)c(O)cc43)COc3ccc(cc32)C(=O)NS(=O)(=O)[C@H]1C1CC1. The summed E-state index contributed by atoms with van der Waals surface area (Å²) in [5, 5.41) is 10.4. The van der Waals surface area contributed by atoms with Gasteiger partial charge < -0.3 is 14.7 Å². The molecule has 2 aromatic rings. The van der Waals surface area contributed by atoms with E-state index in [0.29, 0.717) is 47.7 Å². The van der Waals surface area contributed by atoms with Crippen LogP contribution in [0.15, 0.2) is 42.5 Å². The maximum absolute atomic E-state index is 13.6. The summed E-state index contributed by atoms with van der Waals surface area (Å²) in [4.78, 5) is 15.9. The van der Waals surface area contributed by atoms with Gasteiger partial charge in [-0.3, -0.25) is 4.79 Å². The Morgan fingerprint density at radius 3 is 2.58 bits per heavy atom. The van der Waals surface area contributed by atoms with Crippen LogP contribution in [-0.4, -0.2) is 44.4 Å². The van der Waals surface area contributed by atoms with Crippen molar-refractivity contribution in [3.05, 3.63) is 64.2 Å². The van der Waals surface area contributed by atoms with Gasteiger partial charge in [-0.05, 0) is 123 Å². The van der Waals surface area contributed by atoms with Crippen LogP contribution in [0, 0.1) is 23.7 Å². The highest BCUT2D eigenvalue weighted by Gasteiger charge is 2.45. The predicted octanol–water partition coefficient (Wildman–Crippen LogP) is 6.37. The van der Waals surface area contributed by atoms with Crippen LogP contribution in [0.2, 0.25) is 5.02 Å². The van der Waals surface area contributed by atoms with Gasteiger partial charge in [0, 0.05) is 24.1 Å². The van der Waals surface area contributed by atoms with Crippen LogP contribution >= 0.6 is 11.6 Å². The molecule has 2 fully saturated rings. The summed E-state index contributed by atoms with van der Waals surface area (Å²) in [7, 11) is -3.86. The molecule has 2 heterocycles. The first kappa shape index (κ1) is 29.0. The molecule has 2 aromatic carbocycles. The summed E-state index contributed by atoms with van der Waals surface area (Å²) in [5.74, 6) is 1.30. The maximum Gasteiger partial charge on any atom is 0.264 e. The lowest BCUT2D eigenvalue weighted by atomic mass is 9.69. The van der Waals surface area contributed by atoms with E-state index in [4.69, 9.17) is 16.3 Å². The van der Waals surface area contributed by atoms with Gasteiger partial charge in [0.2, 0.25) is 10.0 Å². The number of aryl methyl sites for hydroxylation is 1. The number of nitrogens with zero attached hydrogens (tertiary/aromatic N) is 1. The van der Waals surface area contributed by atoms with E-state index < -0.39 is 21.2 Å². The molecule has 2 aliphatic heterocycles. The first-order valence-corrected chi connectivity index (χ1v) is 17.8. The fourth-order valence-electron chi connectivity index (χ4n) is 8.16. The predicted molar refractivity (Wildman–Crippen MR) is 169 cm³/mol. The Kier molecular flexibility index (Phi) is 7.44. The first-order chi connectivity index (χ1) is 20.6. The number of benzene rings is 2. The third-order valence-corrected chi connectivity index (χ3v) is 13.1. The van der Waals surface area contributed by atoms with Gasteiger partial charge in [0.1, 0.15) is 11.5 Å². The third kappa shape index (κ3) is 5.43. The number of fused-ring (bicyclic) bond motifs is 4. The van der Waals surface area contributed by atoms with Crippen molar-refractivity contribution in [2.75, 3.05) is 24.6 Å². The fraction of sp³-hybridized carbons (Fsp3) is 0.559. The number of halogens is 1. The number of carbonyl (C=O) groups is 1. The molecule has 0 saturated heterocycles. The van der Waals surface area contributed by atoms with Crippen molar-refractivity contribution in [3.63, 3.8) is 0 Å². The fourth-order valence-corrected chi connectivity index (χ4v) is 10.4. The Morgan fingerprint density at radius 1 is 1.05 bits per heavy atom. The van der Waals surface area contributed by atoms with Gasteiger partial charge in [0.15, 0.2) is 0 Å². The molecular weight excluding hydrogens is 584 g/mol. The number of amides is 1. The minimum atomic E-state index is -3.86. The Balaban J connectivity index is 1.29. The minimum Gasteiger partial charge on any atom is -0.506 e. The standard InChI is InChI=1S/C34H41ClN2O5S/c1-21-5-2-3-6-22-8-11-26(22)18-37-19-34(14-4-7-24-15-28(35)30(38)17-27(24)34)20-42-31-13-12-25(16-29(31)37)33(39)36-43(40,41)32(21)23-9-10-23/h2-3,12-13,15-17,21-23,26,32,38H,4-11,14,18-20H2,1H3,(H,36,39)/b3-2+/t21-,22+,26+,32-,34+/m1/s1. The van der Waals surface area contributed by atoms with Crippen molar-refractivity contribution in [2.24, 2.45) is 23.7 Å². The number of nitrogens with one attached hydrogen (secondary N) is 1.